The molecule has 0 aliphatic heterocycles. The molecule has 1 fully saturated rings. The minimum absolute atomic E-state index is 0.282. The van der Waals surface area contributed by atoms with Crippen LogP contribution in [0, 0.1) is 17.0 Å². The fraction of sp³-hybridized carbons (Fsp3) is 0.333. The van der Waals surface area contributed by atoms with Crippen LogP contribution in [0.25, 0.3) is 0 Å². The molecule has 18 heavy (non-hydrogen) atoms. The largest absolute Gasteiger partial charge is 0.468 e. The number of halogens is 2. The van der Waals surface area contributed by atoms with Crippen LogP contribution in [-0.4, -0.2) is 19.0 Å². The summed E-state index contributed by atoms with van der Waals surface area (Å²) in [5.74, 6) is -2.75. The van der Waals surface area contributed by atoms with Gasteiger partial charge in [-0.1, -0.05) is 0 Å². The lowest BCUT2D eigenvalue weighted by Gasteiger charge is -2.13. The van der Waals surface area contributed by atoms with Crippen molar-refractivity contribution in [2.75, 3.05) is 12.4 Å². The minimum atomic E-state index is -1.24. The Morgan fingerprint density at radius 1 is 1.33 bits per heavy atom. The molecule has 1 aromatic rings. The number of hydrogen-bond acceptors (Lipinski definition) is 3. The molecule has 6 heteroatoms. The van der Waals surface area contributed by atoms with Crippen LogP contribution in [0.3, 0.4) is 0 Å². The minimum Gasteiger partial charge on any atom is -0.468 e. The molecular formula is C12H11F2NO3. The molecule has 0 bridgehead atoms. The number of carbonyl (C=O) groups is 2. The van der Waals surface area contributed by atoms with Crippen LogP contribution in [0.5, 0.6) is 0 Å². The number of nitrogens with one attached hydrogen (secondary N) is 1. The smallest absolute Gasteiger partial charge is 0.321 e. The van der Waals surface area contributed by atoms with Gasteiger partial charge in [-0.2, -0.15) is 0 Å². The zero-order valence-corrected chi connectivity index (χ0v) is 9.63. The number of benzene rings is 1. The SMILES string of the molecule is COC(=O)C1(C(=O)Nc2cc(F)ccc2F)CC1. The summed E-state index contributed by atoms with van der Waals surface area (Å²) in [6, 6.07) is 2.71. The summed E-state index contributed by atoms with van der Waals surface area (Å²) < 4.78 is 30.8. The quantitative estimate of drug-likeness (QED) is 0.662. The van der Waals surface area contributed by atoms with Crippen LogP contribution in [-0.2, 0) is 14.3 Å². The third-order valence-electron chi connectivity index (χ3n) is 2.94. The third-order valence-corrected chi connectivity index (χ3v) is 2.94. The average molecular weight is 255 g/mol. The highest BCUT2D eigenvalue weighted by atomic mass is 19.1. The second-order valence-electron chi connectivity index (χ2n) is 4.15. The van der Waals surface area contributed by atoms with Crippen LogP contribution in [0.1, 0.15) is 12.8 Å². The van der Waals surface area contributed by atoms with E-state index in [4.69, 9.17) is 0 Å². The first-order chi connectivity index (χ1) is 8.49. The van der Waals surface area contributed by atoms with Crippen molar-refractivity contribution in [2.45, 2.75) is 12.8 Å². The first kappa shape index (κ1) is 12.5. The Balaban J connectivity index is 2.17. The second kappa shape index (κ2) is 4.36. The maximum Gasteiger partial charge on any atom is 0.321 e. The van der Waals surface area contributed by atoms with Gasteiger partial charge in [0.2, 0.25) is 5.91 Å². The van der Waals surface area contributed by atoms with E-state index in [-0.39, 0.29) is 5.69 Å². The summed E-state index contributed by atoms with van der Waals surface area (Å²) >= 11 is 0. The van der Waals surface area contributed by atoms with Gasteiger partial charge < -0.3 is 10.1 Å². The van der Waals surface area contributed by atoms with E-state index in [2.05, 4.69) is 10.1 Å². The van der Waals surface area contributed by atoms with E-state index in [1.165, 1.54) is 7.11 Å². The molecule has 1 aromatic carbocycles. The highest BCUT2D eigenvalue weighted by Crippen LogP contribution is 2.47. The highest BCUT2D eigenvalue weighted by Gasteiger charge is 2.57. The van der Waals surface area contributed by atoms with E-state index in [9.17, 15) is 18.4 Å². The molecule has 4 nitrogen and oxygen atoms in total. The van der Waals surface area contributed by atoms with Crippen molar-refractivity contribution in [2.24, 2.45) is 5.41 Å². The molecule has 1 aliphatic carbocycles. The number of methoxy groups -OCH3 is 1. The van der Waals surface area contributed by atoms with Gasteiger partial charge in [-0.25, -0.2) is 8.78 Å². The zero-order valence-electron chi connectivity index (χ0n) is 9.63. The van der Waals surface area contributed by atoms with Crippen LogP contribution in [0.4, 0.5) is 14.5 Å². The van der Waals surface area contributed by atoms with Gasteiger partial charge in [-0.3, -0.25) is 9.59 Å². The molecule has 0 unspecified atom stereocenters. The van der Waals surface area contributed by atoms with Crippen LogP contribution < -0.4 is 5.32 Å². The number of carbonyl (C=O) groups excluding carboxylic acids is 2. The van der Waals surface area contributed by atoms with Crippen LogP contribution in [0.15, 0.2) is 18.2 Å². The Kier molecular flexibility index (Phi) is 3.02. The number of anilines is 1. The van der Waals surface area contributed by atoms with E-state index in [1.54, 1.807) is 0 Å². The predicted octanol–water partition coefficient (Wildman–Crippen LogP) is 1.86. The maximum absolute atomic E-state index is 13.3. The Morgan fingerprint density at radius 3 is 2.56 bits per heavy atom. The van der Waals surface area contributed by atoms with Crippen LogP contribution in [0.2, 0.25) is 0 Å². The molecular weight excluding hydrogens is 244 g/mol. The van der Waals surface area contributed by atoms with Gasteiger partial charge in [0.15, 0.2) is 0 Å². The summed E-state index contributed by atoms with van der Waals surface area (Å²) in [5, 5.41) is 2.21. The van der Waals surface area contributed by atoms with Crippen molar-refractivity contribution in [3.05, 3.63) is 29.8 Å². The van der Waals surface area contributed by atoms with Crippen molar-refractivity contribution in [3.63, 3.8) is 0 Å². The summed E-state index contributed by atoms with van der Waals surface area (Å²) in [4.78, 5) is 23.3. The molecule has 2 rings (SSSR count). The van der Waals surface area contributed by atoms with Gasteiger partial charge >= 0.3 is 5.97 Å². The van der Waals surface area contributed by atoms with Gasteiger partial charge in [0.05, 0.1) is 12.8 Å². The number of ether oxygens (including phenoxy) is 1. The van der Waals surface area contributed by atoms with E-state index in [0.717, 1.165) is 18.2 Å². The first-order valence-corrected chi connectivity index (χ1v) is 5.34. The lowest BCUT2D eigenvalue weighted by atomic mass is 10.1. The van der Waals surface area contributed by atoms with Crippen molar-refractivity contribution in [1.82, 2.24) is 0 Å². The van der Waals surface area contributed by atoms with Crippen molar-refractivity contribution < 1.29 is 23.1 Å². The molecule has 0 radical (unpaired) electrons. The van der Waals surface area contributed by atoms with Gasteiger partial charge in [0, 0.05) is 6.07 Å². The summed E-state index contributed by atoms with van der Waals surface area (Å²) in [6.07, 6.45) is 0.699. The van der Waals surface area contributed by atoms with Gasteiger partial charge in [0.1, 0.15) is 17.0 Å². The first-order valence-electron chi connectivity index (χ1n) is 5.34. The molecule has 0 atom stereocenters. The average Bonchev–Trinajstić information content (AvgIpc) is 3.14. The molecule has 0 aromatic heterocycles. The molecule has 1 amide bonds. The van der Waals surface area contributed by atoms with Crippen LogP contribution >= 0.6 is 0 Å². The molecule has 1 N–H and O–H groups in total. The Labute approximate surface area is 102 Å². The van der Waals surface area contributed by atoms with E-state index in [0.29, 0.717) is 12.8 Å². The predicted molar refractivity (Wildman–Crippen MR) is 58.7 cm³/mol. The Morgan fingerprint density at radius 2 is 2.00 bits per heavy atom. The molecule has 0 spiro atoms. The third kappa shape index (κ3) is 2.05. The standard InChI is InChI=1S/C12H11F2NO3/c1-18-11(17)12(4-5-12)10(16)15-9-6-7(13)2-3-8(9)14/h2-3,6H,4-5H2,1H3,(H,15,16). The second-order valence-corrected chi connectivity index (χ2v) is 4.15. The van der Waals surface area contributed by atoms with E-state index < -0.39 is 28.9 Å². The monoisotopic (exact) mass is 255 g/mol. The summed E-state index contributed by atoms with van der Waals surface area (Å²) in [6.45, 7) is 0. The van der Waals surface area contributed by atoms with E-state index >= 15 is 0 Å². The fourth-order valence-electron chi connectivity index (χ4n) is 1.68. The van der Waals surface area contributed by atoms with Crippen molar-refractivity contribution >= 4 is 17.6 Å². The topological polar surface area (TPSA) is 55.4 Å². The van der Waals surface area contributed by atoms with Gasteiger partial charge in [0.25, 0.3) is 0 Å². The van der Waals surface area contributed by atoms with Gasteiger partial charge in [-0.05, 0) is 25.0 Å². The highest BCUT2D eigenvalue weighted by molar-refractivity contribution is 6.11. The molecule has 96 valence electrons. The maximum atomic E-state index is 13.3. The lowest BCUT2D eigenvalue weighted by Crippen LogP contribution is -2.32. The summed E-state index contributed by atoms with van der Waals surface area (Å²) in [5.41, 5.74) is -1.52. The van der Waals surface area contributed by atoms with Crippen molar-refractivity contribution in [1.29, 1.82) is 0 Å². The molecule has 0 saturated heterocycles. The molecule has 1 aliphatic rings. The van der Waals surface area contributed by atoms with Crippen molar-refractivity contribution in [3.8, 4) is 0 Å². The van der Waals surface area contributed by atoms with Gasteiger partial charge in [-0.15, -0.1) is 0 Å². The Bertz CT molecular complexity index is 512. The summed E-state index contributed by atoms with van der Waals surface area (Å²) in [7, 11) is 1.18. The number of amides is 1. The zero-order chi connectivity index (χ0) is 13.3. The lowest BCUT2D eigenvalue weighted by molar-refractivity contribution is -0.150. The number of hydrogen-bond donors (Lipinski definition) is 1. The Hall–Kier alpha value is -1.98. The number of esters is 1. The molecule has 1 saturated carbocycles. The van der Waals surface area contributed by atoms with E-state index in [1.807, 2.05) is 0 Å². The molecule has 0 heterocycles. The fourth-order valence-corrected chi connectivity index (χ4v) is 1.68. The normalized spacial score (nSPS) is 15.9. The number of rotatable bonds is 3.